The lowest BCUT2D eigenvalue weighted by Gasteiger charge is -2.01. The van der Waals surface area contributed by atoms with Crippen molar-refractivity contribution < 1.29 is 4.74 Å². The number of nitrogen functional groups attached to an aromatic ring is 1. The van der Waals surface area contributed by atoms with Gasteiger partial charge in [0, 0.05) is 12.5 Å². The van der Waals surface area contributed by atoms with Crippen LogP contribution in [0.5, 0.6) is 5.75 Å². The largest absolute Gasteiger partial charge is 0.493 e. The Labute approximate surface area is 69.9 Å². The fourth-order valence-corrected chi connectivity index (χ4v) is 1.37. The van der Waals surface area contributed by atoms with Gasteiger partial charge in [0.25, 0.3) is 0 Å². The standard InChI is InChI=1S/C8H8ClNO/c9-6-4-8-5(1-2-11-8)3-7(6)10/h3-4H,1-2,10H2. The van der Waals surface area contributed by atoms with Gasteiger partial charge < -0.3 is 10.5 Å². The molecule has 1 aromatic rings. The zero-order chi connectivity index (χ0) is 7.84. The number of hydrogen-bond donors (Lipinski definition) is 1. The normalized spacial score (nSPS) is 14.3. The quantitative estimate of drug-likeness (QED) is 0.602. The summed E-state index contributed by atoms with van der Waals surface area (Å²) in [6.45, 7) is 0.745. The Kier molecular flexibility index (Phi) is 1.43. The van der Waals surface area contributed by atoms with Crippen LogP contribution in [0.1, 0.15) is 5.56 Å². The first kappa shape index (κ1) is 6.80. The number of halogens is 1. The maximum absolute atomic E-state index is 5.79. The minimum atomic E-state index is 0.575. The second-order valence-corrected chi connectivity index (χ2v) is 2.99. The number of nitrogens with two attached hydrogens (primary N) is 1. The Bertz CT molecular complexity index is 269. The van der Waals surface area contributed by atoms with E-state index in [2.05, 4.69) is 0 Å². The number of benzene rings is 1. The molecule has 0 saturated heterocycles. The third-order valence-electron chi connectivity index (χ3n) is 1.81. The molecule has 0 amide bonds. The molecule has 0 spiro atoms. The fourth-order valence-electron chi connectivity index (χ4n) is 1.22. The number of anilines is 1. The van der Waals surface area contributed by atoms with Crippen molar-refractivity contribution >= 4 is 17.3 Å². The predicted octanol–water partition coefficient (Wildman–Crippen LogP) is 1.86. The van der Waals surface area contributed by atoms with Crippen molar-refractivity contribution in [3.05, 3.63) is 22.7 Å². The van der Waals surface area contributed by atoms with E-state index in [4.69, 9.17) is 22.1 Å². The van der Waals surface area contributed by atoms with Crippen LogP contribution in [0.2, 0.25) is 5.02 Å². The van der Waals surface area contributed by atoms with Crippen LogP contribution in [0.3, 0.4) is 0 Å². The van der Waals surface area contributed by atoms with Crippen LogP contribution in [0.25, 0.3) is 0 Å². The molecule has 0 unspecified atom stereocenters. The summed E-state index contributed by atoms with van der Waals surface area (Å²) in [4.78, 5) is 0. The van der Waals surface area contributed by atoms with E-state index >= 15 is 0 Å². The van der Waals surface area contributed by atoms with Gasteiger partial charge in [0.05, 0.1) is 17.3 Å². The van der Waals surface area contributed by atoms with Crippen molar-refractivity contribution in [2.24, 2.45) is 0 Å². The molecule has 58 valence electrons. The van der Waals surface area contributed by atoms with Crippen molar-refractivity contribution in [3.8, 4) is 5.75 Å². The number of ether oxygens (including phenoxy) is 1. The van der Waals surface area contributed by atoms with Crippen LogP contribution in [0, 0.1) is 0 Å². The molecule has 2 rings (SSSR count). The molecule has 0 aliphatic carbocycles. The lowest BCUT2D eigenvalue weighted by Crippen LogP contribution is -1.87. The van der Waals surface area contributed by atoms with Gasteiger partial charge >= 0.3 is 0 Å². The number of fused-ring (bicyclic) bond motifs is 1. The third-order valence-corrected chi connectivity index (χ3v) is 2.14. The summed E-state index contributed by atoms with van der Waals surface area (Å²) < 4.78 is 5.29. The smallest absolute Gasteiger partial charge is 0.124 e. The van der Waals surface area contributed by atoms with E-state index in [0.29, 0.717) is 10.7 Å². The van der Waals surface area contributed by atoms with E-state index < -0.39 is 0 Å². The van der Waals surface area contributed by atoms with Crippen LogP contribution in [0.15, 0.2) is 12.1 Å². The van der Waals surface area contributed by atoms with Crippen molar-refractivity contribution in [3.63, 3.8) is 0 Å². The predicted molar refractivity (Wildman–Crippen MR) is 45.1 cm³/mol. The lowest BCUT2D eigenvalue weighted by atomic mass is 10.1. The van der Waals surface area contributed by atoms with Crippen LogP contribution in [0.4, 0.5) is 5.69 Å². The Morgan fingerprint density at radius 3 is 3.09 bits per heavy atom. The van der Waals surface area contributed by atoms with Crippen molar-refractivity contribution in [2.75, 3.05) is 12.3 Å². The van der Waals surface area contributed by atoms with Gasteiger partial charge in [0.15, 0.2) is 0 Å². The molecule has 0 radical (unpaired) electrons. The molecule has 0 aromatic heterocycles. The summed E-state index contributed by atoms with van der Waals surface area (Å²) in [5.41, 5.74) is 7.40. The molecule has 0 bridgehead atoms. The maximum Gasteiger partial charge on any atom is 0.124 e. The van der Waals surface area contributed by atoms with Gasteiger partial charge in [-0.05, 0) is 11.6 Å². The highest BCUT2D eigenvalue weighted by Crippen LogP contribution is 2.32. The summed E-state index contributed by atoms with van der Waals surface area (Å²) in [5.74, 6) is 0.879. The Morgan fingerprint density at radius 1 is 1.45 bits per heavy atom. The molecule has 3 heteroatoms. The molecule has 1 aliphatic heterocycles. The SMILES string of the molecule is Nc1cc2c(cc1Cl)OCC2. The van der Waals surface area contributed by atoms with Crippen molar-refractivity contribution in [2.45, 2.75) is 6.42 Å². The van der Waals surface area contributed by atoms with E-state index in [1.807, 2.05) is 6.07 Å². The molecule has 2 N–H and O–H groups in total. The first-order valence-corrected chi connectivity index (χ1v) is 3.86. The average Bonchev–Trinajstić information content (AvgIpc) is 2.36. The molecule has 1 heterocycles. The first-order valence-electron chi connectivity index (χ1n) is 3.48. The van der Waals surface area contributed by atoms with Crippen LogP contribution in [-0.2, 0) is 6.42 Å². The minimum absolute atomic E-state index is 0.575. The van der Waals surface area contributed by atoms with Gasteiger partial charge in [-0.3, -0.25) is 0 Å². The molecule has 1 aliphatic rings. The summed E-state index contributed by atoms with van der Waals surface area (Å²) in [7, 11) is 0. The maximum atomic E-state index is 5.79. The molecule has 11 heavy (non-hydrogen) atoms. The van der Waals surface area contributed by atoms with Crippen LogP contribution in [-0.4, -0.2) is 6.61 Å². The molecule has 0 atom stereocenters. The third kappa shape index (κ3) is 1.03. The summed E-state index contributed by atoms with van der Waals surface area (Å²) in [5, 5.41) is 0.575. The Balaban J connectivity index is 2.57. The molecular formula is C8H8ClNO. The number of rotatable bonds is 0. The van der Waals surface area contributed by atoms with Gasteiger partial charge in [-0.15, -0.1) is 0 Å². The van der Waals surface area contributed by atoms with Gasteiger partial charge in [-0.25, -0.2) is 0 Å². The fraction of sp³-hybridized carbons (Fsp3) is 0.250. The van der Waals surface area contributed by atoms with E-state index in [-0.39, 0.29) is 0 Å². The molecule has 2 nitrogen and oxygen atoms in total. The zero-order valence-corrected chi connectivity index (χ0v) is 6.69. The van der Waals surface area contributed by atoms with Crippen LogP contribution >= 0.6 is 11.6 Å². The summed E-state index contributed by atoms with van der Waals surface area (Å²) in [6.07, 6.45) is 0.941. The average molecular weight is 170 g/mol. The van der Waals surface area contributed by atoms with E-state index in [0.717, 1.165) is 24.3 Å². The second kappa shape index (κ2) is 2.31. The Hall–Kier alpha value is -0.890. The van der Waals surface area contributed by atoms with Crippen molar-refractivity contribution in [1.82, 2.24) is 0 Å². The van der Waals surface area contributed by atoms with Gasteiger partial charge in [0.1, 0.15) is 5.75 Å². The first-order chi connectivity index (χ1) is 5.27. The lowest BCUT2D eigenvalue weighted by molar-refractivity contribution is 0.357. The van der Waals surface area contributed by atoms with E-state index in [9.17, 15) is 0 Å². The topological polar surface area (TPSA) is 35.2 Å². The molecular weight excluding hydrogens is 162 g/mol. The molecule has 0 saturated carbocycles. The monoisotopic (exact) mass is 169 g/mol. The second-order valence-electron chi connectivity index (χ2n) is 2.58. The minimum Gasteiger partial charge on any atom is -0.493 e. The van der Waals surface area contributed by atoms with Crippen LogP contribution < -0.4 is 10.5 Å². The summed E-state index contributed by atoms with van der Waals surface area (Å²) >= 11 is 5.79. The summed E-state index contributed by atoms with van der Waals surface area (Å²) in [6, 6.07) is 3.66. The highest BCUT2D eigenvalue weighted by Gasteiger charge is 2.13. The molecule has 1 aromatic carbocycles. The van der Waals surface area contributed by atoms with E-state index in [1.165, 1.54) is 0 Å². The van der Waals surface area contributed by atoms with Gasteiger partial charge in [0.2, 0.25) is 0 Å². The van der Waals surface area contributed by atoms with Crippen molar-refractivity contribution in [1.29, 1.82) is 0 Å². The highest BCUT2D eigenvalue weighted by molar-refractivity contribution is 6.33. The number of hydrogen-bond acceptors (Lipinski definition) is 2. The zero-order valence-electron chi connectivity index (χ0n) is 5.93. The molecule has 0 fully saturated rings. The van der Waals surface area contributed by atoms with Gasteiger partial charge in [-0.2, -0.15) is 0 Å². The Morgan fingerprint density at radius 2 is 2.27 bits per heavy atom. The highest BCUT2D eigenvalue weighted by atomic mass is 35.5. The van der Waals surface area contributed by atoms with Gasteiger partial charge in [-0.1, -0.05) is 11.6 Å². The van der Waals surface area contributed by atoms with E-state index in [1.54, 1.807) is 6.07 Å².